The maximum absolute atomic E-state index is 13.7. The van der Waals surface area contributed by atoms with Gasteiger partial charge in [0, 0.05) is 11.1 Å². The second kappa shape index (κ2) is 13.2. The minimum Gasteiger partial charge on any atom is -0.507 e. The van der Waals surface area contributed by atoms with Crippen molar-refractivity contribution < 1.29 is 19.4 Å². The summed E-state index contributed by atoms with van der Waals surface area (Å²) < 4.78 is 5.96. The Morgan fingerprint density at radius 3 is 1.71 bits per heavy atom. The summed E-state index contributed by atoms with van der Waals surface area (Å²) in [7, 11) is 0. The minimum atomic E-state index is -0.406. The van der Waals surface area contributed by atoms with E-state index in [0.29, 0.717) is 34.6 Å². The Bertz CT molecular complexity index is 1650. The number of hydrogen-bond donors (Lipinski definition) is 1. The highest BCUT2D eigenvalue weighted by atomic mass is 16.5. The molecule has 5 aromatic carbocycles. The van der Waals surface area contributed by atoms with Gasteiger partial charge in [0.15, 0.2) is 11.6 Å². The van der Waals surface area contributed by atoms with Gasteiger partial charge in [-0.15, -0.1) is 0 Å². The summed E-state index contributed by atoms with van der Waals surface area (Å²) in [5.41, 5.74) is 4.77. The highest BCUT2D eigenvalue weighted by molar-refractivity contribution is 6.19. The lowest BCUT2D eigenvalue weighted by Gasteiger charge is -2.17. The first-order chi connectivity index (χ1) is 20.5. The predicted octanol–water partition coefficient (Wildman–Crippen LogP) is 8.74. The molecule has 4 nitrogen and oxygen atoms in total. The predicted molar refractivity (Wildman–Crippen MR) is 169 cm³/mol. The summed E-state index contributed by atoms with van der Waals surface area (Å²) >= 11 is 0. The molecule has 1 N–H and O–H groups in total. The molecule has 0 aromatic heterocycles. The summed E-state index contributed by atoms with van der Waals surface area (Å²) in [5.74, 6) is -0.208. The van der Waals surface area contributed by atoms with Crippen molar-refractivity contribution in [3.8, 4) is 22.6 Å². The molecule has 206 valence electrons. The van der Waals surface area contributed by atoms with E-state index in [0.717, 1.165) is 16.7 Å². The Balaban J connectivity index is 1.56. The molecule has 0 atom stereocenters. The van der Waals surface area contributed by atoms with E-state index < -0.39 is 5.78 Å². The quantitative estimate of drug-likeness (QED) is 0.139. The third-order valence-electron chi connectivity index (χ3n) is 6.84. The highest BCUT2D eigenvalue weighted by Gasteiger charge is 2.24. The number of aryl methyl sites for hydroxylation is 1. The fraction of sp³-hybridized carbons (Fsp3) is 0.0526. The first-order valence-electron chi connectivity index (χ1n) is 13.7. The van der Waals surface area contributed by atoms with Gasteiger partial charge in [0.25, 0.3) is 0 Å². The van der Waals surface area contributed by atoms with Crippen molar-refractivity contribution in [2.75, 3.05) is 0 Å². The number of rotatable bonds is 10. The first-order valence-corrected chi connectivity index (χ1v) is 13.7. The molecule has 0 unspecified atom stereocenters. The van der Waals surface area contributed by atoms with E-state index in [9.17, 15) is 14.7 Å². The van der Waals surface area contributed by atoms with Gasteiger partial charge in [-0.3, -0.25) is 9.59 Å². The number of carbonyl (C=O) groups excluding carboxylic acids is 2. The fourth-order valence-electron chi connectivity index (χ4n) is 4.75. The molecular formula is C38H30O4. The largest absolute Gasteiger partial charge is 0.507 e. The topological polar surface area (TPSA) is 63.6 Å². The van der Waals surface area contributed by atoms with Crippen molar-refractivity contribution in [3.05, 3.63) is 167 Å². The van der Waals surface area contributed by atoms with Crippen LogP contribution in [0.4, 0.5) is 0 Å². The van der Waals surface area contributed by atoms with E-state index in [1.807, 2.05) is 103 Å². The van der Waals surface area contributed by atoms with Gasteiger partial charge in [0.1, 0.15) is 18.1 Å². The number of phenols is 1. The van der Waals surface area contributed by atoms with Crippen LogP contribution in [0.5, 0.6) is 11.5 Å². The average Bonchev–Trinajstić information content (AvgIpc) is 3.03. The maximum Gasteiger partial charge on any atom is 0.190 e. The molecule has 42 heavy (non-hydrogen) atoms. The van der Waals surface area contributed by atoms with Crippen LogP contribution in [0.25, 0.3) is 23.3 Å². The van der Waals surface area contributed by atoms with Crippen molar-refractivity contribution in [2.24, 2.45) is 0 Å². The van der Waals surface area contributed by atoms with Crippen LogP contribution >= 0.6 is 0 Å². The first kappa shape index (κ1) is 28.1. The van der Waals surface area contributed by atoms with Crippen LogP contribution in [0, 0.1) is 6.92 Å². The molecule has 0 aliphatic heterocycles. The van der Waals surface area contributed by atoms with Crippen LogP contribution < -0.4 is 4.74 Å². The van der Waals surface area contributed by atoms with Crippen LogP contribution in [-0.4, -0.2) is 16.7 Å². The highest BCUT2D eigenvalue weighted by Crippen LogP contribution is 2.38. The molecule has 0 amide bonds. The van der Waals surface area contributed by atoms with Gasteiger partial charge in [-0.25, -0.2) is 0 Å². The Labute approximate surface area is 245 Å². The van der Waals surface area contributed by atoms with Crippen molar-refractivity contribution in [1.29, 1.82) is 0 Å². The Hall–Kier alpha value is -5.48. The maximum atomic E-state index is 13.7. The molecule has 5 rings (SSSR count). The average molecular weight is 551 g/mol. The smallest absolute Gasteiger partial charge is 0.190 e. The van der Waals surface area contributed by atoms with E-state index in [2.05, 4.69) is 0 Å². The molecule has 0 fully saturated rings. The fourth-order valence-corrected chi connectivity index (χ4v) is 4.75. The van der Waals surface area contributed by atoms with Crippen molar-refractivity contribution in [3.63, 3.8) is 0 Å². The number of aromatic hydroxyl groups is 1. The van der Waals surface area contributed by atoms with Crippen LogP contribution in [0.2, 0.25) is 0 Å². The zero-order valence-electron chi connectivity index (χ0n) is 23.2. The van der Waals surface area contributed by atoms with E-state index >= 15 is 0 Å². The monoisotopic (exact) mass is 550 g/mol. The van der Waals surface area contributed by atoms with Crippen molar-refractivity contribution in [1.82, 2.24) is 0 Å². The number of hydrogen-bond acceptors (Lipinski definition) is 4. The Morgan fingerprint density at radius 1 is 0.667 bits per heavy atom. The summed E-state index contributed by atoms with van der Waals surface area (Å²) in [6.45, 7) is 2.17. The summed E-state index contributed by atoms with van der Waals surface area (Å²) in [6, 6.07) is 37.5. The number of benzene rings is 5. The number of allylic oxidation sites excluding steroid dienone is 2. The zero-order chi connectivity index (χ0) is 29.3. The van der Waals surface area contributed by atoms with Crippen LogP contribution in [0.15, 0.2) is 133 Å². The summed E-state index contributed by atoms with van der Waals surface area (Å²) in [4.78, 5) is 27.3. The molecule has 0 saturated heterocycles. The van der Waals surface area contributed by atoms with E-state index in [-0.39, 0.29) is 17.1 Å². The summed E-state index contributed by atoms with van der Waals surface area (Å²) in [5, 5.41) is 11.1. The molecule has 0 bridgehead atoms. The van der Waals surface area contributed by atoms with Crippen molar-refractivity contribution >= 4 is 23.7 Å². The standard InChI is InChI=1S/C38H30O4/c1-27-25-35(41)38(34(40)24-18-29-13-7-3-8-14-29)37(36(27)33(39)23-17-28-11-5-2-6-12-28)31-19-21-32(22-20-31)42-26-30-15-9-4-10-16-30/h2-25,41H,26H2,1H3/b23-17+,24-18+. The van der Waals surface area contributed by atoms with Gasteiger partial charge in [-0.2, -0.15) is 0 Å². The molecule has 5 aromatic rings. The Kier molecular flexibility index (Phi) is 8.85. The zero-order valence-corrected chi connectivity index (χ0v) is 23.2. The second-order valence-electron chi connectivity index (χ2n) is 9.85. The molecule has 0 aliphatic carbocycles. The van der Waals surface area contributed by atoms with E-state index in [1.165, 1.54) is 18.2 Å². The van der Waals surface area contributed by atoms with Gasteiger partial charge in [0.05, 0.1) is 5.56 Å². The molecule has 0 heterocycles. The van der Waals surface area contributed by atoms with Crippen molar-refractivity contribution in [2.45, 2.75) is 13.5 Å². The normalized spacial score (nSPS) is 11.2. The van der Waals surface area contributed by atoms with Gasteiger partial charge in [-0.05, 0) is 65.1 Å². The second-order valence-corrected chi connectivity index (χ2v) is 9.85. The minimum absolute atomic E-state index is 0.0715. The van der Waals surface area contributed by atoms with Gasteiger partial charge in [-0.1, -0.05) is 115 Å². The van der Waals surface area contributed by atoms with E-state index in [4.69, 9.17) is 4.74 Å². The molecule has 0 spiro atoms. The van der Waals surface area contributed by atoms with Gasteiger partial charge < -0.3 is 9.84 Å². The summed E-state index contributed by atoms with van der Waals surface area (Å²) in [6.07, 6.45) is 6.37. The lowest BCUT2D eigenvalue weighted by atomic mass is 9.86. The number of ketones is 2. The number of carbonyl (C=O) groups is 2. The SMILES string of the molecule is Cc1cc(O)c(C(=O)/C=C/c2ccccc2)c(-c2ccc(OCc3ccccc3)cc2)c1C(=O)/C=C/c1ccccc1. The lowest BCUT2D eigenvalue weighted by molar-refractivity contribution is 0.104. The molecule has 0 saturated carbocycles. The van der Waals surface area contributed by atoms with Crippen LogP contribution in [-0.2, 0) is 6.61 Å². The van der Waals surface area contributed by atoms with Gasteiger partial charge >= 0.3 is 0 Å². The van der Waals surface area contributed by atoms with Crippen LogP contribution in [0.1, 0.15) is 43.0 Å². The Morgan fingerprint density at radius 2 is 1.17 bits per heavy atom. The van der Waals surface area contributed by atoms with E-state index in [1.54, 1.807) is 31.2 Å². The lowest BCUT2D eigenvalue weighted by Crippen LogP contribution is -2.08. The molecular weight excluding hydrogens is 520 g/mol. The third-order valence-corrected chi connectivity index (χ3v) is 6.84. The molecule has 0 aliphatic rings. The van der Waals surface area contributed by atoms with Gasteiger partial charge in [0.2, 0.25) is 0 Å². The third kappa shape index (κ3) is 6.80. The molecule has 4 heteroatoms. The molecule has 0 radical (unpaired) electrons. The van der Waals surface area contributed by atoms with Crippen LogP contribution in [0.3, 0.4) is 0 Å². The number of phenolic OH excluding ortho intramolecular Hbond substituents is 1. The number of ether oxygens (including phenoxy) is 1.